The molecule has 0 aliphatic carbocycles. The summed E-state index contributed by atoms with van der Waals surface area (Å²) in [5.41, 5.74) is 2.17. The Kier molecular flexibility index (Phi) is 6.96. The van der Waals surface area contributed by atoms with Crippen molar-refractivity contribution in [3.8, 4) is 11.5 Å². The Balaban J connectivity index is 1.68. The number of carbonyl (C=O) groups excluding carboxylic acids is 3. The first kappa shape index (κ1) is 24.8. The third-order valence-electron chi connectivity index (χ3n) is 6.46. The van der Waals surface area contributed by atoms with Crippen molar-refractivity contribution >= 4 is 23.5 Å². The van der Waals surface area contributed by atoms with E-state index in [1.54, 1.807) is 62.8 Å². The van der Waals surface area contributed by atoms with Gasteiger partial charge in [0.15, 0.2) is 5.54 Å². The van der Waals surface area contributed by atoms with Crippen molar-refractivity contribution in [1.82, 2.24) is 10.2 Å². The number of methoxy groups -OCH3 is 2. The van der Waals surface area contributed by atoms with Gasteiger partial charge < -0.3 is 20.1 Å². The lowest BCUT2D eigenvalue weighted by molar-refractivity contribution is -0.133. The van der Waals surface area contributed by atoms with Crippen molar-refractivity contribution < 1.29 is 23.9 Å². The number of rotatable bonds is 8. The third kappa shape index (κ3) is 4.37. The molecule has 2 N–H and O–H groups in total. The second kappa shape index (κ2) is 10.1. The van der Waals surface area contributed by atoms with E-state index < -0.39 is 29.9 Å². The Bertz CT molecular complexity index is 1240. The Morgan fingerprint density at radius 2 is 1.47 bits per heavy atom. The van der Waals surface area contributed by atoms with E-state index >= 15 is 0 Å². The molecule has 1 fully saturated rings. The molecule has 0 bridgehead atoms. The van der Waals surface area contributed by atoms with Crippen LogP contribution < -0.4 is 20.1 Å². The molecule has 1 aliphatic heterocycles. The molecule has 1 saturated heterocycles. The van der Waals surface area contributed by atoms with Gasteiger partial charge in [-0.05, 0) is 59.9 Å². The van der Waals surface area contributed by atoms with Gasteiger partial charge in [-0.1, -0.05) is 49.4 Å². The summed E-state index contributed by atoms with van der Waals surface area (Å²) < 4.78 is 10.5. The summed E-state index contributed by atoms with van der Waals surface area (Å²) in [5, 5.41) is 5.74. The van der Waals surface area contributed by atoms with E-state index in [1.807, 2.05) is 32.0 Å². The molecular formula is C28H29N3O5. The number of hydrogen-bond donors (Lipinski definition) is 2. The number of urea groups is 1. The lowest BCUT2D eigenvalue weighted by Gasteiger charge is -2.28. The zero-order valence-corrected chi connectivity index (χ0v) is 20.8. The highest BCUT2D eigenvalue weighted by Gasteiger charge is 2.54. The number of amides is 4. The molecule has 0 spiro atoms. The van der Waals surface area contributed by atoms with E-state index in [0.717, 1.165) is 22.4 Å². The molecule has 0 atom stereocenters. The summed E-state index contributed by atoms with van der Waals surface area (Å²) in [6, 6.07) is 18.9. The molecule has 3 aromatic carbocycles. The van der Waals surface area contributed by atoms with Crippen molar-refractivity contribution in [2.45, 2.75) is 25.8 Å². The van der Waals surface area contributed by atoms with Crippen molar-refractivity contribution in [1.29, 1.82) is 0 Å². The number of benzene rings is 3. The average molecular weight is 488 g/mol. The lowest BCUT2D eigenvalue weighted by atomic mass is 9.82. The highest BCUT2D eigenvalue weighted by atomic mass is 16.5. The summed E-state index contributed by atoms with van der Waals surface area (Å²) in [6.45, 7) is 3.48. The van der Waals surface area contributed by atoms with Gasteiger partial charge in [0.1, 0.15) is 18.0 Å². The van der Waals surface area contributed by atoms with Gasteiger partial charge in [0.2, 0.25) is 5.91 Å². The molecule has 0 aromatic heterocycles. The molecule has 8 heteroatoms. The maximum Gasteiger partial charge on any atom is 0.326 e. The summed E-state index contributed by atoms with van der Waals surface area (Å²) in [7, 11) is 3.10. The smallest absolute Gasteiger partial charge is 0.326 e. The van der Waals surface area contributed by atoms with E-state index in [4.69, 9.17) is 9.47 Å². The van der Waals surface area contributed by atoms with Gasteiger partial charge in [-0.15, -0.1) is 0 Å². The fraction of sp³-hybridized carbons (Fsp3) is 0.250. The minimum atomic E-state index is -1.51. The van der Waals surface area contributed by atoms with Gasteiger partial charge in [-0.25, -0.2) is 4.79 Å². The fourth-order valence-corrected chi connectivity index (χ4v) is 4.48. The summed E-state index contributed by atoms with van der Waals surface area (Å²) in [4.78, 5) is 41.0. The predicted molar refractivity (Wildman–Crippen MR) is 136 cm³/mol. The zero-order valence-electron chi connectivity index (χ0n) is 20.8. The highest BCUT2D eigenvalue weighted by molar-refractivity contribution is 6.12. The van der Waals surface area contributed by atoms with Crippen LogP contribution in [0.4, 0.5) is 10.5 Å². The van der Waals surface area contributed by atoms with Gasteiger partial charge in [0, 0.05) is 5.69 Å². The number of nitrogens with zero attached hydrogens (tertiary/aromatic N) is 1. The molecule has 3 aromatic rings. The number of aryl methyl sites for hydroxylation is 2. The first-order valence-corrected chi connectivity index (χ1v) is 11.7. The molecule has 8 nitrogen and oxygen atoms in total. The van der Waals surface area contributed by atoms with Gasteiger partial charge >= 0.3 is 6.03 Å². The third-order valence-corrected chi connectivity index (χ3v) is 6.46. The molecule has 1 heterocycles. The Morgan fingerprint density at radius 3 is 1.97 bits per heavy atom. The SMILES string of the molecule is CCc1cccc(C)c1NC(=O)CN1C(=O)NC(c2ccc(OC)cc2)(c2ccc(OC)cc2)C1=O. The minimum absolute atomic E-state index is 0.420. The normalized spacial score (nSPS) is 14.4. The van der Waals surface area contributed by atoms with Crippen molar-refractivity contribution in [3.05, 3.63) is 89.0 Å². The molecule has 0 radical (unpaired) electrons. The number of hydrogen-bond acceptors (Lipinski definition) is 5. The Morgan fingerprint density at radius 1 is 0.917 bits per heavy atom. The van der Waals surface area contributed by atoms with Gasteiger partial charge in [0.05, 0.1) is 14.2 Å². The second-order valence-electron chi connectivity index (χ2n) is 8.54. The first-order chi connectivity index (χ1) is 17.3. The standard InChI is InChI=1S/C28H29N3O5/c1-5-19-8-6-7-18(2)25(19)29-24(32)17-31-26(33)28(30-27(31)34,20-9-13-22(35-3)14-10-20)21-11-15-23(36-4)16-12-21/h6-16H,5,17H2,1-4H3,(H,29,32)(H,30,34). The number of carbonyl (C=O) groups is 3. The van der Waals surface area contributed by atoms with Crippen LogP contribution in [0.15, 0.2) is 66.7 Å². The van der Waals surface area contributed by atoms with E-state index in [9.17, 15) is 14.4 Å². The zero-order chi connectivity index (χ0) is 25.9. The van der Waals surface area contributed by atoms with Crippen LogP contribution in [0.1, 0.15) is 29.2 Å². The van der Waals surface area contributed by atoms with Crippen LogP contribution in [0, 0.1) is 6.92 Å². The van der Waals surface area contributed by atoms with Gasteiger partial charge in [0.25, 0.3) is 5.91 Å². The first-order valence-electron chi connectivity index (χ1n) is 11.7. The number of nitrogens with one attached hydrogen (secondary N) is 2. The summed E-state index contributed by atoms with van der Waals surface area (Å²) in [6.07, 6.45) is 0.735. The molecule has 4 rings (SSSR count). The quantitative estimate of drug-likeness (QED) is 0.468. The van der Waals surface area contributed by atoms with Crippen LogP contribution in [0.3, 0.4) is 0 Å². The molecule has 0 saturated carbocycles. The van der Waals surface area contributed by atoms with E-state index in [1.165, 1.54) is 0 Å². The lowest BCUT2D eigenvalue weighted by Crippen LogP contribution is -2.45. The second-order valence-corrected chi connectivity index (χ2v) is 8.54. The molecule has 4 amide bonds. The van der Waals surface area contributed by atoms with Crippen LogP contribution in [-0.4, -0.2) is 43.5 Å². The largest absolute Gasteiger partial charge is 0.497 e. The minimum Gasteiger partial charge on any atom is -0.497 e. The molecule has 0 unspecified atom stereocenters. The topological polar surface area (TPSA) is 97.0 Å². The van der Waals surface area contributed by atoms with Crippen LogP contribution in [0.25, 0.3) is 0 Å². The molecular weight excluding hydrogens is 458 g/mol. The molecule has 36 heavy (non-hydrogen) atoms. The monoisotopic (exact) mass is 487 g/mol. The van der Waals surface area contributed by atoms with E-state index in [0.29, 0.717) is 28.3 Å². The van der Waals surface area contributed by atoms with Crippen molar-refractivity contribution in [3.63, 3.8) is 0 Å². The van der Waals surface area contributed by atoms with Crippen LogP contribution in [0.5, 0.6) is 11.5 Å². The van der Waals surface area contributed by atoms with Crippen molar-refractivity contribution in [2.24, 2.45) is 0 Å². The van der Waals surface area contributed by atoms with Gasteiger partial charge in [-0.2, -0.15) is 0 Å². The summed E-state index contributed by atoms with van der Waals surface area (Å²) in [5.74, 6) is 0.226. The number of para-hydroxylation sites is 1. The number of imide groups is 1. The van der Waals surface area contributed by atoms with Crippen molar-refractivity contribution in [2.75, 3.05) is 26.1 Å². The highest BCUT2D eigenvalue weighted by Crippen LogP contribution is 2.37. The maximum atomic E-state index is 13.9. The predicted octanol–water partition coefficient (Wildman–Crippen LogP) is 4.01. The maximum absolute atomic E-state index is 13.9. The Labute approximate surface area is 210 Å². The van der Waals surface area contributed by atoms with E-state index in [-0.39, 0.29) is 0 Å². The van der Waals surface area contributed by atoms with E-state index in [2.05, 4.69) is 10.6 Å². The number of anilines is 1. The fourth-order valence-electron chi connectivity index (χ4n) is 4.48. The van der Waals surface area contributed by atoms with Crippen LogP contribution in [0.2, 0.25) is 0 Å². The molecule has 186 valence electrons. The average Bonchev–Trinajstić information content (AvgIpc) is 3.15. The van der Waals surface area contributed by atoms with Crippen LogP contribution >= 0.6 is 0 Å². The Hall–Kier alpha value is -4.33. The summed E-state index contributed by atoms with van der Waals surface area (Å²) >= 11 is 0. The van der Waals surface area contributed by atoms with Gasteiger partial charge in [-0.3, -0.25) is 14.5 Å². The van der Waals surface area contributed by atoms with Crippen LogP contribution in [-0.2, 0) is 21.5 Å². The number of ether oxygens (including phenoxy) is 2. The molecule has 1 aliphatic rings.